The van der Waals surface area contributed by atoms with E-state index in [9.17, 15) is 9.59 Å². The number of nitrogens with one attached hydrogen (secondary N) is 1. The van der Waals surface area contributed by atoms with Crippen LogP contribution in [0.4, 0.5) is 0 Å². The van der Waals surface area contributed by atoms with E-state index in [-0.39, 0.29) is 17.7 Å². The Hall–Kier alpha value is -1.57. The second-order valence-corrected chi connectivity index (χ2v) is 7.88. The molecular formula is C14H20N4O3S. The molecule has 120 valence electrons. The van der Waals surface area contributed by atoms with Crippen molar-refractivity contribution in [2.24, 2.45) is 0 Å². The summed E-state index contributed by atoms with van der Waals surface area (Å²) in [6.07, 6.45) is 2.98. The van der Waals surface area contributed by atoms with Gasteiger partial charge in [-0.05, 0) is 26.7 Å². The fourth-order valence-corrected chi connectivity index (χ4v) is 3.80. The summed E-state index contributed by atoms with van der Waals surface area (Å²) in [5.74, 6) is 1.54. The van der Waals surface area contributed by atoms with Crippen molar-refractivity contribution in [3.05, 3.63) is 12.2 Å². The Morgan fingerprint density at radius 1 is 1.45 bits per heavy atom. The number of carbonyl (C=O) groups excluding carboxylic acids is 2. The first-order valence-electron chi connectivity index (χ1n) is 7.47. The quantitative estimate of drug-likeness (QED) is 0.865. The topological polar surface area (TPSA) is 88.3 Å². The molecule has 7 nitrogen and oxygen atoms in total. The Bertz CT molecular complexity index is 552. The lowest BCUT2D eigenvalue weighted by Crippen LogP contribution is -2.58. The van der Waals surface area contributed by atoms with Gasteiger partial charge in [-0.15, -0.1) is 11.8 Å². The monoisotopic (exact) mass is 324 g/mol. The highest BCUT2D eigenvalue weighted by Gasteiger charge is 2.39. The van der Waals surface area contributed by atoms with Crippen LogP contribution in [0.15, 0.2) is 10.9 Å². The SMILES string of the molecule is CC1(C)SCC(C(=O)N2CCC(c3ncon3)CC2)NC1=O. The number of piperidine rings is 1. The molecule has 8 heteroatoms. The molecule has 1 atom stereocenters. The largest absolute Gasteiger partial charge is 0.343 e. The molecule has 1 unspecified atom stereocenters. The summed E-state index contributed by atoms with van der Waals surface area (Å²) >= 11 is 1.54. The summed E-state index contributed by atoms with van der Waals surface area (Å²) in [5.41, 5.74) is 0. The lowest BCUT2D eigenvalue weighted by molar-refractivity contribution is -0.137. The Kier molecular flexibility index (Phi) is 4.12. The number of aromatic nitrogens is 2. The minimum absolute atomic E-state index is 0.0166. The number of carbonyl (C=O) groups is 2. The Morgan fingerprint density at radius 2 is 2.18 bits per heavy atom. The molecule has 2 amide bonds. The van der Waals surface area contributed by atoms with Crippen molar-refractivity contribution in [2.75, 3.05) is 18.8 Å². The molecule has 2 saturated heterocycles. The summed E-state index contributed by atoms with van der Waals surface area (Å²) in [7, 11) is 0. The van der Waals surface area contributed by atoms with E-state index in [0.29, 0.717) is 18.8 Å². The lowest BCUT2D eigenvalue weighted by atomic mass is 9.96. The number of nitrogens with zero attached hydrogens (tertiary/aromatic N) is 3. The standard InChI is InChI=1S/C14H20N4O3S/c1-14(2)13(20)16-10(7-22-14)12(19)18-5-3-9(4-6-18)11-15-8-21-17-11/h8-10H,3-7H2,1-2H3,(H,16,20). The average Bonchev–Trinajstić information content (AvgIpc) is 3.04. The van der Waals surface area contributed by atoms with Crippen LogP contribution in [-0.4, -0.2) is 56.5 Å². The van der Waals surface area contributed by atoms with Crippen LogP contribution in [0, 0.1) is 0 Å². The van der Waals surface area contributed by atoms with Crippen LogP contribution >= 0.6 is 11.8 Å². The van der Waals surface area contributed by atoms with Crippen LogP contribution < -0.4 is 5.32 Å². The minimum atomic E-state index is -0.456. The average molecular weight is 324 g/mol. The van der Waals surface area contributed by atoms with Gasteiger partial charge >= 0.3 is 0 Å². The fourth-order valence-electron chi connectivity index (χ4n) is 2.80. The number of hydrogen-bond acceptors (Lipinski definition) is 6. The number of likely N-dealkylation sites (tertiary alicyclic amines) is 1. The third-order valence-corrected chi connectivity index (χ3v) is 5.72. The highest BCUT2D eigenvalue weighted by atomic mass is 32.2. The predicted octanol–water partition coefficient (Wildman–Crippen LogP) is 0.786. The molecule has 0 spiro atoms. The van der Waals surface area contributed by atoms with Gasteiger partial charge in [-0.25, -0.2) is 0 Å². The molecule has 0 aliphatic carbocycles. The smallest absolute Gasteiger partial charge is 0.246 e. The molecule has 1 aromatic heterocycles. The second kappa shape index (κ2) is 5.91. The third-order valence-electron chi connectivity index (χ3n) is 4.31. The molecule has 22 heavy (non-hydrogen) atoms. The van der Waals surface area contributed by atoms with E-state index < -0.39 is 10.8 Å². The van der Waals surface area contributed by atoms with Gasteiger partial charge in [0.1, 0.15) is 6.04 Å². The van der Waals surface area contributed by atoms with Crippen LogP contribution in [0.25, 0.3) is 0 Å². The second-order valence-electron chi connectivity index (χ2n) is 6.24. The van der Waals surface area contributed by atoms with Crippen molar-refractivity contribution >= 4 is 23.6 Å². The van der Waals surface area contributed by atoms with E-state index >= 15 is 0 Å². The number of rotatable bonds is 2. The Balaban J connectivity index is 1.55. The molecular weight excluding hydrogens is 304 g/mol. The summed E-state index contributed by atoms with van der Waals surface area (Å²) in [5, 5.41) is 6.73. The van der Waals surface area contributed by atoms with Crippen molar-refractivity contribution in [1.82, 2.24) is 20.4 Å². The maximum Gasteiger partial charge on any atom is 0.246 e. The van der Waals surface area contributed by atoms with E-state index in [1.165, 1.54) is 18.2 Å². The maximum absolute atomic E-state index is 12.6. The van der Waals surface area contributed by atoms with E-state index in [1.54, 1.807) is 0 Å². The van der Waals surface area contributed by atoms with Gasteiger partial charge in [-0.1, -0.05) is 5.16 Å². The summed E-state index contributed by atoms with van der Waals surface area (Å²) in [6.45, 7) is 5.09. The Morgan fingerprint density at radius 3 is 2.77 bits per heavy atom. The number of amides is 2. The van der Waals surface area contributed by atoms with Gasteiger partial charge in [-0.3, -0.25) is 9.59 Å². The summed E-state index contributed by atoms with van der Waals surface area (Å²) in [6, 6.07) is -0.410. The molecule has 3 heterocycles. The number of thioether (sulfide) groups is 1. The molecule has 0 aromatic carbocycles. The lowest BCUT2D eigenvalue weighted by Gasteiger charge is -2.37. The predicted molar refractivity (Wildman–Crippen MR) is 81.3 cm³/mol. The first-order valence-corrected chi connectivity index (χ1v) is 8.46. The summed E-state index contributed by atoms with van der Waals surface area (Å²) < 4.78 is 4.32. The van der Waals surface area contributed by atoms with Crippen LogP contribution in [0.3, 0.4) is 0 Å². The molecule has 1 aromatic rings. The molecule has 0 saturated carbocycles. The zero-order valence-electron chi connectivity index (χ0n) is 12.7. The van der Waals surface area contributed by atoms with Gasteiger partial charge in [0.2, 0.25) is 18.2 Å². The summed E-state index contributed by atoms with van der Waals surface area (Å²) in [4.78, 5) is 30.5. The highest BCUT2D eigenvalue weighted by molar-refractivity contribution is 8.01. The molecule has 0 bridgehead atoms. The maximum atomic E-state index is 12.6. The van der Waals surface area contributed by atoms with Crippen LogP contribution in [0.1, 0.15) is 38.4 Å². The zero-order chi connectivity index (χ0) is 15.7. The van der Waals surface area contributed by atoms with Crippen molar-refractivity contribution < 1.29 is 14.1 Å². The van der Waals surface area contributed by atoms with E-state index in [4.69, 9.17) is 4.52 Å². The first kappa shape index (κ1) is 15.3. The van der Waals surface area contributed by atoms with Gasteiger partial charge < -0.3 is 14.7 Å². The molecule has 2 aliphatic rings. The van der Waals surface area contributed by atoms with Crippen LogP contribution in [-0.2, 0) is 9.59 Å². The highest BCUT2D eigenvalue weighted by Crippen LogP contribution is 2.30. The zero-order valence-corrected chi connectivity index (χ0v) is 13.6. The van der Waals surface area contributed by atoms with Crippen LogP contribution in [0.5, 0.6) is 0 Å². The molecule has 1 N–H and O–H groups in total. The molecule has 2 fully saturated rings. The van der Waals surface area contributed by atoms with Gasteiger partial charge in [-0.2, -0.15) is 4.98 Å². The third kappa shape index (κ3) is 2.97. The van der Waals surface area contributed by atoms with Gasteiger partial charge in [0.15, 0.2) is 5.82 Å². The van der Waals surface area contributed by atoms with Crippen molar-refractivity contribution in [3.63, 3.8) is 0 Å². The van der Waals surface area contributed by atoms with Gasteiger partial charge in [0.05, 0.1) is 4.75 Å². The normalized spacial score (nSPS) is 25.8. The minimum Gasteiger partial charge on any atom is -0.343 e. The Labute approximate surface area is 133 Å². The van der Waals surface area contributed by atoms with E-state index in [1.807, 2.05) is 18.7 Å². The molecule has 2 aliphatic heterocycles. The fraction of sp³-hybridized carbons (Fsp3) is 0.714. The van der Waals surface area contributed by atoms with E-state index in [2.05, 4.69) is 15.5 Å². The first-order chi connectivity index (χ1) is 10.5. The van der Waals surface area contributed by atoms with E-state index in [0.717, 1.165) is 18.7 Å². The van der Waals surface area contributed by atoms with Crippen molar-refractivity contribution in [2.45, 2.75) is 43.4 Å². The van der Waals surface area contributed by atoms with Crippen molar-refractivity contribution in [3.8, 4) is 0 Å². The molecule has 0 radical (unpaired) electrons. The molecule has 3 rings (SSSR count). The van der Waals surface area contributed by atoms with Gasteiger partial charge in [0.25, 0.3) is 0 Å². The van der Waals surface area contributed by atoms with Gasteiger partial charge in [0, 0.05) is 24.8 Å². The van der Waals surface area contributed by atoms with Crippen molar-refractivity contribution in [1.29, 1.82) is 0 Å². The number of hydrogen-bond donors (Lipinski definition) is 1. The van der Waals surface area contributed by atoms with Crippen LogP contribution in [0.2, 0.25) is 0 Å².